The van der Waals surface area contributed by atoms with Gasteiger partial charge in [0.15, 0.2) is 11.6 Å². The van der Waals surface area contributed by atoms with E-state index in [4.69, 9.17) is 19.4 Å². The molecule has 0 saturated carbocycles. The second-order valence-electron chi connectivity index (χ2n) is 21.4. The third-order valence-electron chi connectivity index (χ3n) is 16.0. The molecule has 2 aromatic heterocycles. The Morgan fingerprint density at radius 2 is 0.949 bits per heavy atom. The fraction of sp³-hybridized carbons (Fsp3) is 0.464. The van der Waals surface area contributed by atoms with Crippen molar-refractivity contribution < 1.29 is 55.0 Å². The number of alkyl carbamates (subject to hydrolysis) is 2. The summed E-state index contributed by atoms with van der Waals surface area (Å²) >= 11 is 0. The van der Waals surface area contributed by atoms with E-state index >= 15 is 17.6 Å². The molecule has 17 nitrogen and oxygen atoms in total. The Labute approximate surface area is 452 Å². The lowest BCUT2D eigenvalue weighted by Crippen LogP contribution is -2.51. The number of amides is 4. The van der Waals surface area contributed by atoms with Crippen LogP contribution in [0.5, 0.6) is 0 Å². The molecule has 0 unspecified atom stereocenters. The van der Waals surface area contributed by atoms with Gasteiger partial charge in [-0.25, -0.2) is 45.9 Å². The van der Waals surface area contributed by atoms with Gasteiger partial charge in [-0.3, -0.25) is 9.59 Å². The number of nitrogens with zero attached hydrogens (tertiary/aromatic N) is 7. The quantitative estimate of drug-likeness (QED) is 0.0808. The minimum atomic E-state index is -0.956. The van der Waals surface area contributed by atoms with E-state index in [0.717, 1.165) is 24.3 Å². The summed E-state index contributed by atoms with van der Waals surface area (Å²) in [6.45, 7) is 8.15. The highest BCUT2D eigenvalue weighted by Gasteiger charge is 2.43. The lowest BCUT2D eigenvalue weighted by Gasteiger charge is -2.38. The number of carbonyl (C=O) groups is 4. The zero-order valence-corrected chi connectivity index (χ0v) is 44.6. The molecule has 79 heavy (non-hydrogen) atoms. The highest BCUT2D eigenvalue weighted by atomic mass is 19.2. The summed E-state index contributed by atoms with van der Waals surface area (Å²) in [6.07, 6.45) is 1.25. The van der Waals surface area contributed by atoms with Crippen molar-refractivity contribution in [3.8, 4) is 0 Å². The summed E-state index contributed by atoms with van der Waals surface area (Å²) in [4.78, 5) is 76.3. The SMILES string of the molecule is COC(=O)N[C@H](C(=O)N1CCC[C@H]1c1nc2cc(F)c([C@H]3CC[C@H](c4cc5[nH]c([C@@H]6CCCN6C(=O)[C@@H](NC(=O)OC)C(C)C)nc5cc4F)N3c3cc(F)c(N4CCN(c5c(F)cccc5F)CC4)c(F)c3)cc2[nH]1)C(C)C. The highest BCUT2D eigenvalue weighted by molar-refractivity contribution is 5.88. The minimum absolute atomic E-state index is 0.00586. The molecule has 10 rings (SSSR count). The summed E-state index contributed by atoms with van der Waals surface area (Å²) in [7, 11) is 2.43. The second-order valence-corrected chi connectivity index (χ2v) is 21.4. The van der Waals surface area contributed by atoms with Gasteiger partial charge in [0.05, 0.1) is 60.5 Å². The van der Waals surface area contributed by atoms with Crippen molar-refractivity contribution in [3.63, 3.8) is 0 Å². The Balaban J connectivity index is 0.997. The lowest BCUT2D eigenvalue weighted by molar-refractivity contribution is -0.136. The molecule has 0 bridgehead atoms. The van der Waals surface area contributed by atoms with E-state index in [1.165, 1.54) is 42.2 Å². The maximum atomic E-state index is 17.0. The van der Waals surface area contributed by atoms with Crippen LogP contribution in [0.25, 0.3) is 22.1 Å². The number of ether oxygens (including phenoxy) is 2. The van der Waals surface area contributed by atoms with Crippen LogP contribution in [0.1, 0.15) is 113 Å². The first-order chi connectivity index (χ1) is 37.8. The smallest absolute Gasteiger partial charge is 0.407 e. The molecule has 420 valence electrons. The van der Waals surface area contributed by atoms with E-state index in [2.05, 4.69) is 20.6 Å². The third kappa shape index (κ3) is 10.4. The number of H-pyrrole nitrogens is 2. The summed E-state index contributed by atoms with van der Waals surface area (Å²) in [5.74, 6) is -5.20. The molecule has 4 N–H and O–H groups in total. The van der Waals surface area contributed by atoms with Crippen molar-refractivity contribution in [1.29, 1.82) is 0 Å². The third-order valence-corrected chi connectivity index (χ3v) is 16.0. The van der Waals surface area contributed by atoms with Gasteiger partial charge in [0.25, 0.3) is 0 Å². The van der Waals surface area contributed by atoms with Crippen LogP contribution in [0.2, 0.25) is 0 Å². The topological polar surface area (TPSA) is 184 Å². The predicted molar refractivity (Wildman–Crippen MR) is 282 cm³/mol. The molecule has 0 aliphatic carbocycles. The number of hydrogen-bond acceptors (Lipinski definition) is 11. The number of para-hydroxylation sites is 1. The largest absolute Gasteiger partial charge is 0.453 e. The normalized spacial score (nSPS) is 20.5. The number of halogens is 6. The number of piperazine rings is 1. The van der Waals surface area contributed by atoms with Crippen LogP contribution >= 0.6 is 0 Å². The van der Waals surface area contributed by atoms with Crippen molar-refractivity contribution in [3.05, 3.63) is 112 Å². The lowest BCUT2D eigenvalue weighted by atomic mass is 10.0. The van der Waals surface area contributed by atoms with Crippen LogP contribution in [0.3, 0.4) is 0 Å². The zero-order chi connectivity index (χ0) is 56.1. The number of nitrogens with one attached hydrogen (secondary N) is 4. The van der Waals surface area contributed by atoms with Crippen LogP contribution < -0.4 is 25.3 Å². The van der Waals surface area contributed by atoms with Crippen LogP contribution in [-0.4, -0.2) is 119 Å². The van der Waals surface area contributed by atoms with Crippen LogP contribution in [0.15, 0.2) is 54.6 Å². The molecule has 4 aliphatic rings. The number of rotatable bonds is 13. The van der Waals surface area contributed by atoms with Gasteiger partial charge in [-0.1, -0.05) is 33.8 Å². The molecule has 4 aliphatic heterocycles. The summed E-state index contributed by atoms with van der Waals surface area (Å²) in [5.41, 5.74) is 1.03. The van der Waals surface area contributed by atoms with Gasteiger partial charge in [0.2, 0.25) is 11.8 Å². The van der Waals surface area contributed by atoms with E-state index in [1.54, 1.807) is 54.5 Å². The molecule has 0 spiro atoms. The molecule has 4 saturated heterocycles. The second kappa shape index (κ2) is 22.2. The van der Waals surface area contributed by atoms with Crippen molar-refractivity contribution in [2.24, 2.45) is 11.8 Å². The van der Waals surface area contributed by atoms with Gasteiger partial charge in [0.1, 0.15) is 58.4 Å². The van der Waals surface area contributed by atoms with Gasteiger partial charge in [-0.15, -0.1) is 0 Å². The first-order valence-corrected chi connectivity index (χ1v) is 26.7. The van der Waals surface area contributed by atoms with E-state index in [-0.39, 0.29) is 102 Å². The summed E-state index contributed by atoms with van der Waals surface area (Å²) < 4.78 is 107. The number of methoxy groups -OCH3 is 2. The number of carbonyl (C=O) groups excluding carboxylic acids is 4. The van der Waals surface area contributed by atoms with Gasteiger partial charge < -0.3 is 54.6 Å². The fourth-order valence-corrected chi connectivity index (χ4v) is 12.1. The first-order valence-electron chi connectivity index (χ1n) is 26.7. The standard InChI is InChI=1S/C56H63F6N11O6/c1-28(2)47(67-55(76)78-5)53(74)71-16-8-12-45(71)51-63-39-24-31(35(59)26-41(39)65-51)43-14-15-44(73(43)30-22-37(61)50(38(62)23-30)70-20-18-69(19-21-70)49-33(57)10-7-11-34(49)58)32-25-40-42(27-36(32)60)66-52(64-40)46-13-9-17-72(46)54(75)48(29(3)4)68-56(77)79-6/h7,10-11,22-29,43-48H,8-9,12-21H2,1-6H3,(H,63,65)(H,64,66)(H,67,76)(H,68,77)/t43-,44-,45+,46+,47+,48+/m1/s1. The molecule has 6 aromatic rings. The Kier molecular flexibility index (Phi) is 15.3. The van der Waals surface area contributed by atoms with Crippen molar-refractivity contribution in [2.45, 2.75) is 102 Å². The minimum Gasteiger partial charge on any atom is -0.453 e. The zero-order valence-electron chi connectivity index (χ0n) is 44.6. The summed E-state index contributed by atoms with van der Waals surface area (Å²) in [5, 5.41) is 5.27. The molecule has 4 fully saturated rings. The van der Waals surface area contributed by atoms with E-state index in [1.807, 2.05) is 0 Å². The van der Waals surface area contributed by atoms with Gasteiger partial charge in [-0.05, 0) is 86.8 Å². The van der Waals surface area contributed by atoms with E-state index < -0.39 is 83.3 Å². The molecular formula is C56H63F6N11O6. The monoisotopic (exact) mass is 1100 g/mol. The van der Waals surface area contributed by atoms with Crippen molar-refractivity contribution in [2.75, 3.05) is 68.2 Å². The van der Waals surface area contributed by atoms with Crippen LogP contribution in [0.4, 0.5) is 53.0 Å². The first kappa shape index (κ1) is 54.6. The number of benzene rings is 4. The average molecular weight is 1100 g/mol. The number of hydrogen-bond donors (Lipinski definition) is 4. The van der Waals surface area contributed by atoms with E-state index in [0.29, 0.717) is 61.5 Å². The molecule has 4 aromatic carbocycles. The van der Waals surface area contributed by atoms with Crippen LogP contribution in [-0.2, 0) is 19.1 Å². The fourth-order valence-electron chi connectivity index (χ4n) is 12.1. The number of aromatic amines is 2. The number of imidazole rings is 2. The van der Waals surface area contributed by atoms with Crippen molar-refractivity contribution >= 4 is 63.1 Å². The Hall–Kier alpha value is -7.72. The molecule has 6 atom stereocenters. The number of fused-ring (bicyclic) bond motifs is 2. The molecule has 23 heteroatoms. The average Bonchev–Trinajstić information content (AvgIpc) is 4.46. The summed E-state index contributed by atoms with van der Waals surface area (Å²) in [6, 6.07) is 6.80. The highest BCUT2D eigenvalue weighted by Crippen LogP contribution is 2.50. The molecular weight excluding hydrogens is 1040 g/mol. The van der Waals surface area contributed by atoms with Gasteiger partial charge in [-0.2, -0.15) is 0 Å². The predicted octanol–water partition coefficient (Wildman–Crippen LogP) is 9.77. The van der Waals surface area contributed by atoms with Gasteiger partial charge in [0, 0.05) is 68.2 Å². The Morgan fingerprint density at radius 3 is 1.34 bits per heavy atom. The maximum Gasteiger partial charge on any atom is 0.407 e. The Morgan fingerprint density at radius 1 is 0.544 bits per heavy atom. The van der Waals surface area contributed by atoms with Gasteiger partial charge >= 0.3 is 12.2 Å². The maximum absolute atomic E-state index is 17.0. The molecule has 4 amide bonds. The Bertz CT molecular complexity index is 3120. The number of aromatic nitrogens is 4. The van der Waals surface area contributed by atoms with Crippen molar-refractivity contribution in [1.82, 2.24) is 40.4 Å². The number of likely N-dealkylation sites (tertiary alicyclic amines) is 2. The number of anilines is 3. The van der Waals surface area contributed by atoms with Crippen LogP contribution in [0, 0.1) is 46.7 Å². The van der Waals surface area contributed by atoms with E-state index in [9.17, 15) is 28.0 Å². The molecule has 6 heterocycles. The molecule has 0 radical (unpaired) electrons.